The fourth-order valence-corrected chi connectivity index (χ4v) is 3.80. The van der Waals surface area contributed by atoms with E-state index < -0.39 is 30.0 Å². The number of fused-ring (bicyclic) bond motifs is 2. The minimum absolute atomic E-state index is 0.299. The molecular weight excluding hydrogens is 330 g/mol. The number of hydrogen-bond donors (Lipinski definition) is 2. The molecule has 2 N–H and O–H groups in total. The maximum atomic E-state index is 13.0. The number of amides is 1. The van der Waals surface area contributed by atoms with Gasteiger partial charge in [0.1, 0.15) is 5.92 Å². The molecule has 1 saturated heterocycles. The van der Waals surface area contributed by atoms with Crippen molar-refractivity contribution in [3.63, 3.8) is 0 Å². The number of hydrogen-bond acceptors (Lipinski definition) is 3. The first kappa shape index (κ1) is 16.5. The Morgan fingerprint density at radius 1 is 0.846 bits per heavy atom. The van der Waals surface area contributed by atoms with E-state index in [1.807, 2.05) is 60.7 Å². The SMILES string of the molecule is O=C(O)[C@H]1[C@H](C(=O)NC(c2ccccc2)c2ccccc2)[C@H]2C=C[C@H]1O2. The second-order valence-electron chi connectivity index (χ2n) is 6.60. The first-order valence-electron chi connectivity index (χ1n) is 8.62. The molecule has 1 fully saturated rings. The molecular formula is C21H19NO4. The largest absolute Gasteiger partial charge is 0.481 e. The van der Waals surface area contributed by atoms with E-state index in [0.29, 0.717) is 0 Å². The fourth-order valence-electron chi connectivity index (χ4n) is 3.80. The van der Waals surface area contributed by atoms with Crippen LogP contribution < -0.4 is 5.32 Å². The third-order valence-electron chi connectivity index (χ3n) is 5.04. The highest BCUT2D eigenvalue weighted by atomic mass is 16.5. The molecule has 5 heteroatoms. The summed E-state index contributed by atoms with van der Waals surface area (Å²) in [5.41, 5.74) is 1.89. The van der Waals surface area contributed by atoms with Crippen molar-refractivity contribution in [2.45, 2.75) is 18.2 Å². The molecule has 0 saturated carbocycles. The first-order valence-corrected chi connectivity index (χ1v) is 8.62. The third-order valence-corrected chi connectivity index (χ3v) is 5.04. The average molecular weight is 349 g/mol. The second-order valence-corrected chi connectivity index (χ2v) is 6.60. The van der Waals surface area contributed by atoms with Gasteiger partial charge in [0.15, 0.2) is 0 Å². The number of ether oxygens (including phenoxy) is 1. The molecule has 2 heterocycles. The summed E-state index contributed by atoms with van der Waals surface area (Å²) in [5.74, 6) is -2.88. The molecule has 2 bridgehead atoms. The number of rotatable bonds is 5. The maximum absolute atomic E-state index is 13.0. The van der Waals surface area contributed by atoms with Crippen LogP contribution in [0.25, 0.3) is 0 Å². The molecule has 0 aliphatic carbocycles. The lowest BCUT2D eigenvalue weighted by atomic mass is 9.82. The predicted octanol–water partition coefficient (Wildman–Crippen LogP) is 2.55. The maximum Gasteiger partial charge on any atom is 0.310 e. The Kier molecular flexibility index (Phi) is 4.31. The summed E-state index contributed by atoms with van der Waals surface area (Å²) in [6.45, 7) is 0. The van der Waals surface area contributed by atoms with Crippen LogP contribution in [-0.2, 0) is 14.3 Å². The minimum Gasteiger partial charge on any atom is -0.481 e. The van der Waals surface area contributed by atoms with Gasteiger partial charge in [-0.2, -0.15) is 0 Å². The Balaban J connectivity index is 1.63. The first-order chi connectivity index (χ1) is 12.6. The number of nitrogens with one attached hydrogen (secondary N) is 1. The van der Waals surface area contributed by atoms with Crippen molar-refractivity contribution < 1.29 is 19.4 Å². The van der Waals surface area contributed by atoms with Crippen LogP contribution >= 0.6 is 0 Å². The van der Waals surface area contributed by atoms with Gasteiger partial charge in [-0.15, -0.1) is 0 Å². The fraction of sp³-hybridized carbons (Fsp3) is 0.238. The van der Waals surface area contributed by atoms with Crippen molar-refractivity contribution in [2.75, 3.05) is 0 Å². The number of carbonyl (C=O) groups excluding carboxylic acids is 1. The third kappa shape index (κ3) is 2.91. The number of carbonyl (C=O) groups is 2. The highest BCUT2D eigenvalue weighted by molar-refractivity contribution is 5.87. The van der Waals surface area contributed by atoms with Gasteiger partial charge in [-0.3, -0.25) is 9.59 Å². The van der Waals surface area contributed by atoms with Crippen molar-refractivity contribution in [1.82, 2.24) is 5.32 Å². The van der Waals surface area contributed by atoms with Gasteiger partial charge in [-0.1, -0.05) is 72.8 Å². The number of carboxylic acid groups (broad SMARTS) is 1. The molecule has 132 valence electrons. The summed E-state index contributed by atoms with van der Waals surface area (Å²) < 4.78 is 5.62. The van der Waals surface area contributed by atoms with E-state index in [9.17, 15) is 14.7 Å². The van der Waals surface area contributed by atoms with Crippen LogP contribution in [0, 0.1) is 11.8 Å². The molecule has 0 radical (unpaired) electrons. The molecule has 2 aliphatic heterocycles. The van der Waals surface area contributed by atoms with Gasteiger partial charge >= 0.3 is 5.97 Å². The smallest absolute Gasteiger partial charge is 0.310 e. The van der Waals surface area contributed by atoms with Crippen molar-refractivity contribution in [1.29, 1.82) is 0 Å². The standard InChI is InChI=1S/C21H19NO4/c23-20(17-15-11-12-16(26-15)18(17)21(24)25)22-19(13-7-3-1-4-8-13)14-9-5-2-6-10-14/h1-12,15-19H,(H,22,23)(H,24,25)/t15-,16-,17-,18-/m1/s1. The second kappa shape index (κ2) is 6.77. The Labute approximate surface area is 151 Å². The zero-order valence-electron chi connectivity index (χ0n) is 14.0. The normalized spacial score (nSPS) is 26.2. The van der Waals surface area contributed by atoms with E-state index in [4.69, 9.17) is 4.74 Å². The summed E-state index contributed by atoms with van der Waals surface area (Å²) in [7, 11) is 0. The average Bonchev–Trinajstić information content (AvgIpc) is 3.29. The molecule has 2 aliphatic rings. The Morgan fingerprint density at radius 3 is 1.85 bits per heavy atom. The summed E-state index contributed by atoms with van der Waals surface area (Å²) in [4.78, 5) is 24.7. The lowest BCUT2D eigenvalue weighted by molar-refractivity contribution is -0.146. The Morgan fingerprint density at radius 2 is 1.35 bits per heavy atom. The molecule has 26 heavy (non-hydrogen) atoms. The van der Waals surface area contributed by atoms with E-state index in [-0.39, 0.29) is 11.9 Å². The van der Waals surface area contributed by atoms with Gasteiger partial charge in [0.2, 0.25) is 5.91 Å². The molecule has 4 atom stereocenters. The zero-order chi connectivity index (χ0) is 18.1. The predicted molar refractivity (Wildman–Crippen MR) is 95.3 cm³/mol. The number of carboxylic acids is 1. The summed E-state index contributed by atoms with van der Waals surface area (Å²) in [6, 6.07) is 19.0. The molecule has 0 aromatic heterocycles. The topological polar surface area (TPSA) is 75.6 Å². The van der Waals surface area contributed by atoms with Crippen LogP contribution in [0.1, 0.15) is 17.2 Å². The monoisotopic (exact) mass is 349 g/mol. The minimum atomic E-state index is -1.00. The van der Waals surface area contributed by atoms with Gasteiger partial charge in [0.25, 0.3) is 0 Å². The van der Waals surface area contributed by atoms with E-state index in [1.165, 1.54) is 0 Å². The van der Waals surface area contributed by atoms with E-state index in [1.54, 1.807) is 12.2 Å². The van der Waals surface area contributed by atoms with Crippen LogP contribution in [-0.4, -0.2) is 29.2 Å². The molecule has 2 aromatic rings. The van der Waals surface area contributed by atoms with Gasteiger partial charge < -0.3 is 15.2 Å². The van der Waals surface area contributed by atoms with Crippen LogP contribution in [0.2, 0.25) is 0 Å². The Bertz CT molecular complexity index is 794. The van der Waals surface area contributed by atoms with Crippen molar-refractivity contribution in [2.24, 2.45) is 11.8 Å². The molecule has 0 unspecified atom stereocenters. The summed E-state index contributed by atoms with van der Waals surface area (Å²) >= 11 is 0. The Hall–Kier alpha value is -2.92. The van der Waals surface area contributed by atoms with Crippen LogP contribution in [0.3, 0.4) is 0 Å². The van der Waals surface area contributed by atoms with Crippen molar-refractivity contribution in [3.8, 4) is 0 Å². The van der Waals surface area contributed by atoms with Gasteiger partial charge in [0.05, 0.1) is 24.2 Å². The summed E-state index contributed by atoms with van der Waals surface area (Å²) in [6.07, 6.45) is 2.52. The molecule has 2 aromatic carbocycles. The van der Waals surface area contributed by atoms with E-state index >= 15 is 0 Å². The van der Waals surface area contributed by atoms with Crippen molar-refractivity contribution in [3.05, 3.63) is 83.9 Å². The van der Waals surface area contributed by atoms with Gasteiger partial charge in [-0.25, -0.2) is 0 Å². The van der Waals surface area contributed by atoms with Crippen LogP contribution in [0.4, 0.5) is 0 Å². The van der Waals surface area contributed by atoms with E-state index in [2.05, 4.69) is 5.32 Å². The molecule has 0 spiro atoms. The summed E-state index contributed by atoms with van der Waals surface area (Å²) in [5, 5.41) is 12.6. The van der Waals surface area contributed by atoms with Crippen LogP contribution in [0.15, 0.2) is 72.8 Å². The number of benzene rings is 2. The lowest BCUT2D eigenvalue weighted by Gasteiger charge is -2.25. The zero-order valence-corrected chi connectivity index (χ0v) is 14.0. The van der Waals surface area contributed by atoms with Crippen LogP contribution in [0.5, 0.6) is 0 Å². The van der Waals surface area contributed by atoms with Gasteiger partial charge in [-0.05, 0) is 11.1 Å². The highest BCUT2D eigenvalue weighted by Gasteiger charge is 2.53. The van der Waals surface area contributed by atoms with E-state index in [0.717, 1.165) is 11.1 Å². The quantitative estimate of drug-likeness (QED) is 0.814. The number of aliphatic carboxylic acids is 1. The highest BCUT2D eigenvalue weighted by Crippen LogP contribution is 2.40. The molecule has 4 rings (SSSR count). The lowest BCUT2D eigenvalue weighted by Crippen LogP contribution is -2.43. The molecule has 1 amide bonds. The van der Waals surface area contributed by atoms with Crippen molar-refractivity contribution >= 4 is 11.9 Å². The molecule has 5 nitrogen and oxygen atoms in total. The van der Waals surface area contributed by atoms with Gasteiger partial charge in [0, 0.05) is 0 Å².